The predicted molar refractivity (Wildman–Crippen MR) is 85.9 cm³/mol. The van der Waals surface area contributed by atoms with Crippen LogP contribution >= 0.6 is 15.9 Å². The summed E-state index contributed by atoms with van der Waals surface area (Å²) in [5, 5.41) is 3.40. The Morgan fingerprint density at radius 2 is 2.29 bits per heavy atom. The molecule has 21 heavy (non-hydrogen) atoms. The standard InChI is InChI=1S/C16H22BrFN2O/c1-11(2)9-20(10-13-4-3-7-19-13)16(21)14-6-5-12(17)8-15(14)18/h5-6,8,11,13,19H,3-4,7,9-10H2,1-2H3. The van der Waals surface area contributed by atoms with E-state index in [-0.39, 0.29) is 11.5 Å². The van der Waals surface area contributed by atoms with Crippen LogP contribution in [0.1, 0.15) is 37.0 Å². The molecule has 1 fully saturated rings. The highest BCUT2D eigenvalue weighted by molar-refractivity contribution is 9.10. The van der Waals surface area contributed by atoms with Crippen molar-refractivity contribution >= 4 is 21.8 Å². The zero-order valence-electron chi connectivity index (χ0n) is 12.5. The molecule has 2 rings (SSSR count). The Labute approximate surface area is 134 Å². The molecule has 1 atom stereocenters. The fourth-order valence-electron chi connectivity index (χ4n) is 2.69. The van der Waals surface area contributed by atoms with Gasteiger partial charge >= 0.3 is 0 Å². The topological polar surface area (TPSA) is 32.3 Å². The average Bonchev–Trinajstić information content (AvgIpc) is 2.89. The van der Waals surface area contributed by atoms with Crippen LogP contribution in [0.25, 0.3) is 0 Å². The van der Waals surface area contributed by atoms with Crippen LogP contribution in [-0.2, 0) is 0 Å². The van der Waals surface area contributed by atoms with E-state index in [2.05, 4.69) is 35.1 Å². The van der Waals surface area contributed by atoms with Gasteiger partial charge in [-0.3, -0.25) is 4.79 Å². The van der Waals surface area contributed by atoms with Gasteiger partial charge in [-0.2, -0.15) is 0 Å². The molecule has 0 radical (unpaired) electrons. The Morgan fingerprint density at radius 1 is 1.52 bits per heavy atom. The van der Waals surface area contributed by atoms with Gasteiger partial charge in [0.25, 0.3) is 5.91 Å². The van der Waals surface area contributed by atoms with Crippen LogP contribution in [0.15, 0.2) is 22.7 Å². The number of carbonyl (C=O) groups is 1. The van der Waals surface area contributed by atoms with Gasteiger partial charge in [0.2, 0.25) is 0 Å². The lowest BCUT2D eigenvalue weighted by molar-refractivity contribution is 0.0716. The van der Waals surface area contributed by atoms with Crippen molar-refractivity contribution in [1.82, 2.24) is 10.2 Å². The van der Waals surface area contributed by atoms with E-state index in [4.69, 9.17) is 0 Å². The van der Waals surface area contributed by atoms with Gasteiger partial charge in [-0.25, -0.2) is 4.39 Å². The molecule has 3 nitrogen and oxygen atoms in total. The van der Waals surface area contributed by atoms with Gasteiger partial charge in [-0.15, -0.1) is 0 Å². The third-order valence-electron chi connectivity index (χ3n) is 3.64. The van der Waals surface area contributed by atoms with Gasteiger partial charge in [0.15, 0.2) is 0 Å². The number of carbonyl (C=O) groups excluding carboxylic acids is 1. The van der Waals surface area contributed by atoms with Crippen molar-refractivity contribution in [2.75, 3.05) is 19.6 Å². The summed E-state index contributed by atoms with van der Waals surface area (Å²) in [6.07, 6.45) is 2.21. The summed E-state index contributed by atoms with van der Waals surface area (Å²) in [5.41, 5.74) is 0.150. The molecular weight excluding hydrogens is 335 g/mol. The van der Waals surface area contributed by atoms with Crippen LogP contribution in [-0.4, -0.2) is 36.5 Å². The number of halogens is 2. The minimum absolute atomic E-state index is 0.150. The summed E-state index contributed by atoms with van der Waals surface area (Å²) in [6, 6.07) is 4.93. The summed E-state index contributed by atoms with van der Waals surface area (Å²) in [5.74, 6) is -0.334. The molecule has 1 aromatic carbocycles. The highest BCUT2D eigenvalue weighted by Gasteiger charge is 2.24. The quantitative estimate of drug-likeness (QED) is 0.876. The van der Waals surface area contributed by atoms with Crippen LogP contribution in [0.4, 0.5) is 4.39 Å². The molecule has 1 saturated heterocycles. The maximum Gasteiger partial charge on any atom is 0.256 e. The van der Waals surface area contributed by atoms with E-state index in [9.17, 15) is 9.18 Å². The molecule has 1 aliphatic rings. The lowest BCUT2D eigenvalue weighted by Crippen LogP contribution is -2.43. The largest absolute Gasteiger partial charge is 0.337 e. The van der Waals surface area contributed by atoms with Crippen molar-refractivity contribution in [3.05, 3.63) is 34.1 Å². The van der Waals surface area contributed by atoms with Crippen molar-refractivity contribution in [3.8, 4) is 0 Å². The summed E-state index contributed by atoms with van der Waals surface area (Å²) < 4.78 is 14.7. The van der Waals surface area contributed by atoms with E-state index in [1.807, 2.05) is 0 Å². The predicted octanol–water partition coefficient (Wildman–Crippen LogP) is 3.44. The van der Waals surface area contributed by atoms with Crippen LogP contribution < -0.4 is 5.32 Å². The molecule has 1 aromatic rings. The second-order valence-electron chi connectivity index (χ2n) is 6.02. The second kappa shape index (κ2) is 7.36. The Morgan fingerprint density at radius 3 is 2.86 bits per heavy atom. The lowest BCUT2D eigenvalue weighted by atomic mass is 10.1. The molecule has 0 bridgehead atoms. The maximum absolute atomic E-state index is 14.0. The lowest BCUT2D eigenvalue weighted by Gasteiger charge is -2.27. The van der Waals surface area contributed by atoms with Crippen LogP contribution in [0.5, 0.6) is 0 Å². The summed E-state index contributed by atoms with van der Waals surface area (Å²) >= 11 is 3.22. The molecule has 0 aromatic heterocycles. The molecule has 5 heteroatoms. The Hall–Kier alpha value is -0.940. The smallest absolute Gasteiger partial charge is 0.256 e. The third-order valence-corrected chi connectivity index (χ3v) is 4.13. The van der Waals surface area contributed by atoms with Gasteiger partial charge in [-0.1, -0.05) is 29.8 Å². The molecule has 1 aliphatic heterocycles. The molecular formula is C16H22BrFN2O. The van der Waals surface area contributed by atoms with Crippen LogP contribution in [0, 0.1) is 11.7 Å². The van der Waals surface area contributed by atoms with E-state index >= 15 is 0 Å². The fraction of sp³-hybridized carbons (Fsp3) is 0.562. The molecule has 1 N–H and O–H groups in total. The number of nitrogens with zero attached hydrogens (tertiary/aromatic N) is 1. The maximum atomic E-state index is 14.0. The van der Waals surface area contributed by atoms with E-state index < -0.39 is 5.82 Å². The van der Waals surface area contributed by atoms with Gasteiger partial charge in [0.05, 0.1) is 5.56 Å². The van der Waals surface area contributed by atoms with Crippen molar-refractivity contribution in [3.63, 3.8) is 0 Å². The average molecular weight is 357 g/mol. The number of rotatable bonds is 5. The van der Waals surface area contributed by atoms with Gasteiger partial charge in [0.1, 0.15) is 5.82 Å². The fourth-order valence-corrected chi connectivity index (χ4v) is 3.03. The molecule has 116 valence electrons. The number of amides is 1. The number of benzene rings is 1. The minimum atomic E-state index is -0.470. The van der Waals surface area contributed by atoms with Crippen LogP contribution in [0.2, 0.25) is 0 Å². The highest BCUT2D eigenvalue weighted by atomic mass is 79.9. The number of hydrogen-bond acceptors (Lipinski definition) is 2. The third kappa shape index (κ3) is 4.51. The Kier molecular flexibility index (Phi) is 5.76. The number of hydrogen-bond donors (Lipinski definition) is 1. The second-order valence-corrected chi connectivity index (χ2v) is 6.94. The van der Waals surface area contributed by atoms with E-state index in [1.165, 1.54) is 6.07 Å². The van der Waals surface area contributed by atoms with Gasteiger partial charge in [0, 0.05) is 23.6 Å². The SMILES string of the molecule is CC(C)CN(CC1CCCN1)C(=O)c1ccc(Br)cc1F. The monoisotopic (exact) mass is 356 g/mol. The first-order chi connectivity index (χ1) is 9.97. The molecule has 0 aliphatic carbocycles. The summed E-state index contributed by atoms with van der Waals surface area (Å²) in [4.78, 5) is 14.4. The van der Waals surface area contributed by atoms with E-state index in [1.54, 1.807) is 17.0 Å². The van der Waals surface area contributed by atoms with E-state index in [0.717, 1.165) is 19.4 Å². The molecule has 1 unspecified atom stereocenters. The molecule has 1 amide bonds. The first-order valence-electron chi connectivity index (χ1n) is 7.45. The first kappa shape index (κ1) is 16.4. The van der Waals surface area contributed by atoms with Crippen molar-refractivity contribution in [2.45, 2.75) is 32.7 Å². The number of nitrogens with one attached hydrogen (secondary N) is 1. The highest BCUT2D eigenvalue weighted by Crippen LogP contribution is 2.18. The molecule has 0 saturated carbocycles. The zero-order chi connectivity index (χ0) is 15.4. The zero-order valence-corrected chi connectivity index (χ0v) is 14.1. The minimum Gasteiger partial charge on any atom is -0.337 e. The van der Waals surface area contributed by atoms with Crippen molar-refractivity contribution in [2.24, 2.45) is 5.92 Å². The van der Waals surface area contributed by atoms with Crippen molar-refractivity contribution < 1.29 is 9.18 Å². The molecule has 0 spiro atoms. The Balaban J connectivity index is 2.15. The van der Waals surface area contributed by atoms with Crippen LogP contribution in [0.3, 0.4) is 0 Å². The molecule has 1 heterocycles. The first-order valence-corrected chi connectivity index (χ1v) is 8.24. The van der Waals surface area contributed by atoms with Gasteiger partial charge in [-0.05, 0) is 43.5 Å². The Bertz CT molecular complexity index is 501. The van der Waals surface area contributed by atoms with Crippen molar-refractivity contribution in [1.29, 1.82) is 0 Å². The van der Waals surface area contributed by atoms with E-state index in [0.29, 0.717) is 29.5 Å². The summed E-state index contributed by atoms with van der Waals surface area (Å²) in [6.45, 7) is 6.43. The summed E-state index contributed by atoms with van der Waals surface area (Å²) in [7, 11) is 0. The van der Waals surface area contributed by atoms with Gasteiger partial charge < -0.3 is 10.2 Å². The normalized spacial score (nSPS) is 18.2.